The van der Waals surface area contributed by atoms with Crippen molar-refractivity contribution >= 4 is 48.6 Å². The number of hydrogen-bond donors (Lipinski definition) is 1. The monoisotopic (exact) mass is 341 g/mol. The fraction of sp³-hybridized carbons (Fsp3) is 0.0909. The number of halogens is 2. The van der Waals surface area contributed by atoms with Gasteiger partial charge in [-0.25, -0.2) is 9.97 Å². The lowest BCUT2D eigenvalue weighted by atomic mass is 10.2. The van der Waals surface area contributed by atoms with E-state index in [0.717, 1.165) is 25.7 Å². The van der Waals surface area contributed by atoms with Gasteiger partial charge in [-0.2, -0.15) is 0 Å². The molecule has 0 saturated heterocycles. The third kappa shape index (κ3) is 2.25. The van der Waals surface area contributed by atoms with Gasteiger partial charge in [-0.05, 0) is 28.1 Å². The van der Waals surface area contributed by atoms with Crippen LogP contribution in [0.15, 0.2) is 40.1 Å². The van der Waals surface area contributed by atoms with Crippen molar-refractivity contribution in [3.05, 3.63) is 40.1 Å². The molecule has 0 amide bonds. The van der Waals surface area contributed by atoms with Gasteiger partial charge in [0.05, 0.1) is 5.52 Å². The highest BCUT2D eigenvalue weighted by molar-refractivity contribution is 9.11. The maximum atomic E-state index is 4.25. The third-order valence-electron chi connectivity index (χ3n) is 2.07. The van der Waals surface area contributed by atoms with Gasteiger partial charge in [0.15, 0.2) is 0 Å². The Labute approximate surface area is 110 Å². The summed E-state index contributed by atoms with van der Waals surface area (Å²) >= 11 is 6.93. The molecule has 0 unspecified atom stereocenters. The van der Waals surface area contributed by atoms with E-state index in [4.69, 9.17) is 0 Å². The second-order valence-electron chi connectivity index (χ2n) is 3.18. The first-order chi connectivity index (χ1) is 7.72. The van der Waals surface area contributed by atoms with Crippen LogP contribution in [0, 0.1) is 0 Å². The van der Waals surface area contributed by atoms with Gasteiger partial charge in [-0.3, -0.25) is 0 Å². The first kappa shape index (κ1) is 11.5. The molecule has 82 valence electrons. The van der Waals surface area contributed by atoms with Crippen LogP contribution in [-0.4, -0.2) is 16.5 Å². The maximum Gasteiger partial charge on any atom is 0.137 e. The minimum atomic E-state index is 0.677. The lowest BCUT2D eigenvalue weighted by molar-refractivity contribution is 1.18. The zero-order valence-electron chi connectivity index (χ0n) is 8.37. The fourth-order valence-electron chi connectivity index (χ4n) is 1.40. The number of fused-ring (bicyclic) bond motifs is 1. The molecule has 1 aromatic heterocycles. The SMILES string of the molecule is C=CCNc1ncnc2c(Br)cc(Br)cc12. The van der Waals surface area contributed by atoms with Gasteiger partial charge in [0.1, 0.15) is 12.1 Å². The van der Waals surface area contributed by atoms with Crippen LogP contribution in [0.5, 0.6) is 0 Å². The lowest BCUT2D eigenvalue weighted by Crippen LogP contribution is -2.01. The number of hydrogen-bond acceptors (Lipinski definition) is 3. The number of nitrogens with one attached hydrogen (secondary N) is 1. The maximum absolute atomic E-state index is 4.25. The second kappa shape index (κ2) is 4.93. The summed E-state index contributed by atoms with van der Waals surface area (Å²) in [4.78, 5) is 8.46. The molecule has 1 aromatic carbocycles. The summed E-state index contributed by atoms with van der Waals surface area (Å²) in [5.41, 5.74) is 0.893. The van der Waals surface area contributed by atoms with Crippen molar-refractivity contribution in [2.45, 2.75) is 0 Å². The third-order valence-corrected chi connectivity index (χ3v) is 3.13. The molecule has 0 saturated carbocycles. The number of rotatable bonds is 3. The summed E-state index contributed by atoms with van der Waals surface area (Å²) < 4.78 is 1.93. The Morgan fingerprint density at radius 2 is 2.12 bits per heavy atom. The molecule has 16 heavy (non-hydrogen) atoms. The van der Waals surface area contributed by atoms with E-state index < -0.39 is 0 Å². The summed E-state index contributed by atoms with van der Waals surface area (Å²) in [5.74, 6) is 0.812. The highest BCUT2D eigenvalue weighted by Crippen LogP contribution is 2.29. The van der Waals surface area contributed by atoms with Crippen molar-refractivity contribution in [3.8, 4) is 0 Å². The summed E-state index contributed by atoms with van der Waals surface area (Å²) in [6.07, 6.45) is 3.34. The molecule has 1 N–H and O–H groups in total. The van der Waals surface area contributed by atoms with Crippen LogP contribution in [0.25, 0.3) is 10.9 Å². The minimum Gasteiger partial charge on any atom is -0.366 e. The summed E-state index contributed by atoms with van der Waals surface area (Å²) in [7, 11) is 0. The van der Waals surface area contributed by atoms with Crippen molar-refractivity contribution in [2.24, 2.45) is 0 Å². The van der Waals surface area contributed by atoms with Crippen molar-refractivity contribution in [1.29, 1.82) is 0 Å². The number of benzene rings is 1. The first-order valence-electron chi connectivity index (χ1n) is 4.67. The van der Waals surface area contributed by atoms with Crippen molar-refractivity contribution in [1.82, 2.24) is 9.97 Å². The van der Waals surface area contributed by atoms with Gasteiger partial charge in [-0.1, -0.05) is 22.0 Å². The van der Waals surface area contributed by atoms with E-state index in [1.165, 1.54) is 0 Å². The number of aromatic nitrogens is 2. The fourth-order valence-corrected chi connectivity index (χ4v) is 2.73. The minimum absolute atomic E-state index is 0.677. The van der Waals surface area contributed by atoms with Crippen LogP contribution in [0.3, 0.4) is 0 Å². The van der Waals surface area contributed by atoms with E-state index in [1.54, 1.807) is 12.4 Å². The molecule has 3 nitrogen and oxygen atoms in total. The molecular weight excluding hydrogens is 334 g/mol. The predicted molar refractivity (Wildman–Crippen MR) is 73.6 cm³/mol. The largest absolute Gasteiger partial charge is 0.366 e. The van der Waals surface area contributed by atoms with Crippen LogP contribution in [-0.2, 0) is 0 Å². The van der Waals surface area contributed by atoms with E-state index in [0.29, 0.717) is 6.54 Å². The van der Waals surface area contributed by atoms with Gasteiger partial charge < -0.3 is 5.32 Å². The Balaban J connectivity index is 2.61. The average molecular weight is 343 g/mol. The van der Waals surface area contributed by atoms with E-state index in [9.17, 15) is 0 Å². The molecule has 0 atom stereocenters. The highest BCUT2D eigenvalue weighted by Gasteiger charge is 2.07. The van der Waals surface area contributed by atoms with Gasteiger partial charge in [0.2, 0.25) is 0 Å². The van der Waals surface area contributed by atoms with E-state index in [-0.39, 0.29) is 0 Å². The lowest BCUT2D eigenvalue weighted by Gasteiger charge is -2.07. The molecule has 2 rings (SSSR count). The smallest absolute Gasteiger partial charge is 0.137 e. The molecule has 2 aromatic rings. The number of anilines is 1. The van der Waals surface area contributed by atoms with Crippen LogP contribution >= 0.6 is 31.9 Å². The first-order valence-corrected chi connectivity index (χ1v) is 6.25. The zero-order valence-corrected chi connectivity index (χ0v) is 11.5. The summed E-state index contributed by atoms with van der Waals surface area (Å²) in [6, 6.07) is 3.96. The average Bonchev–Trinajstić information content (AvgIpc) is 2.26. The Kier molecular flexibility index (Phi) is 3.56. The van der Waals surface area contributed by atoms with Crippen LogP contribution in [0.4, 0.5) is 5.82 Å². The zero-order chi connectivity index (χ0) is 11.5. The Morgan fingerprint density at radius 3 is 2.88 bits per heavy atom. The van der Waals surface area contributed by atoms with Crippen LogP contribution in [0.2, 0.25) is 0 Å². The molecule has 0 aliphatic heterocycles. The molecular formula is C11H9Br2N3. The summed E-state index contributed by atoms with van der Waals surface area (Å²) in [6.45, 7) is 4.34. The van der Waals surface area contributed by atoms with Crippen LogP contribution < -0.4 is 5.32 Å². The Bertz CT molecular complexity index is 540. The van der Waals surface area contributed by atoms with E-state index >= 15 is 0 Å². The number of nitrogens with zero attached hydrogens (tertiary/aromatic N) is 2. The molecule has 0 aliphatic carbocycles. The predicted octanol–water partition coefficient (Wildman–Crippen LogP) is 3.75. The molecule has 0 bridgehead atoms. The van der Waals surface area contributed by atoms with Gasteiger partial charge in [0.25, 0.3) is 0 Å². The van der Waals surface area contributed by atoms with Crippen molar-refractivity contribution in [2.75, 3.05) is 11.9 Å². The standard InChI is InChI=1S/C11H9Br2N3/c1-2-3-14-11-8-4-7(12)5-9(13)10(8)15-6-16-11/h2,4-6H,1,3H2,(H,14,15,16). The Morgan fingerprint density at radius 1 is 1.31 bits per heavy atom. The molecule has 1 heterocycles. The van der Waals surface area contributed by atoms with Gasteiger partial charge in [0, 0.05) is 20.9 Å². The van der Waals surface area contributed by atoms with Crippen molar-refractivity contribution in [3.63, 3.8) is 0 Å². The quantitative estimate of drug-likeness (QED) is 0.863. The topological polar surface area (TPSA) is 37.8 Å². The Hall–Kier alpha value is -0.940. The van der Waals surface area contributed by atoms with Gasteiger partial charge in [-0.15, -0.1) is 6.58 Å². The highest BCUT2D eigenvalue weighted by atomic mass is 79.9. The molecule has 0 aliphatic rings. The van der Waals surface area contributed by atoms with Crippen molar-refractivity contribution < 1.29 is 0 Å². The van der Waals surface area contributed by atoms with E-state index in [1.807, 2.05) is 12.1 Å². The summed E-state index contributed by atoms with van der Waals surface area (Å²) in [5, 5.41) is 4.16. The molecule has 0 fully saturated rings. The van der Waals surface area contributed by atoms with Gasteiger partial charge >= 0.3 is 0 Å². The second-order valence-corrected chi connectivity index (χ2v) is 4.95. The molecule has 0 spiro atoms. The normalized spacial score (nSPS) is 10.4. The molecule has 5 heteroatoms. The van der Waals surface area contributed by atoms with Crippen LogP contribution in [0.1, 0.15) is 0 Å². The molecule has 0 radical (unpaired) electrons. The van der Waals surface area contributed by atoms with E-state index in [2.05, 4.69) is 53.7 Å².